The number of aromatic nitrogens is 4. The number of nitro groups is 2. The summed E-state index contributed by atoms with van der Waals surface area (Å²) in [5.74, 6) is -0.0821. The minimum Gasteiger partial charge on any atom is -0.504 e. The van der Waals surface area contributed by atoms with Gasteiger partial charge in [-0.25, -0.2) is 14.8 Å². The van der Waals surface area contributed by atoms with Crippen LogP contribution < -0.4 is 31.1 Å². The van der Waals surface area contributed by atoms with E-state index >= 15 is 0 Å². The molecule has 2 aliphatic rings. The number of esters is 1. The maximum Gasteiger partial charge on any atom is 0.514 e. The van der Waals surface area contributed by atoms with Gasteiger partial charge in [0.1, 0.15) is 23.3 Å². The highest BCUT2D eigenvalue weighted by atomic mass is 33.1. The number of hydrogen-bond donors (Lipinski definition) is 2. The number of nitrogens with zero attached hydrogens (tertiary/aromatic N) is 6. The first-order valence-electron chi connectivity index (χ1n) is 25.7. The quantitative estimate of drug-likeness (QED) is 0.0150. The molecule has 4 heterocycles. The van der Waals surface area contributed by atoms with Crippen LogP contribution >= 0.6 is 43.2 Å². The van der Waals surface area contributed by atoms with Crippen LogP contribution in [0.4, 0.5) is 16.2 Å². The molecule has 0 amide bonds. The molecule has 0 unspecified atom stereocenters. The third kappa shape index (κ3) is 12.9. The van der Waals surface area contributed by atoms with Gasteiger partial charge in [-0.1, -0.05) is 33.7 Å². The van der Waals surface area contributed by atoms with Crippen molar-refractivity contribution in [2.45, 2.75) is 48.8 Å². The number of ether oxygens (including phenoxy) is 5. The van der Waals surface area contributed by atoms with Crippen molar-refractivity contribution in [2.24, 2.45) is 5.73 Å². The Bertz CT molecular complexity index is 4040. The average molecular weight is 1220 g/mol. The number of benzene rings is 4. The van der Waals surface area contributed by atoms with Crippen LogP contribution in [-0.2, 0) is 27.4 Å². The highest BCUT2D eigenvalue weighted by molar-refractivity contribution is 8.77. The fourth-order valence-electron chi connectivity index (χ4n) is 9.44. The summed E-state index contributed by atoms with van der Waals surface area (Å²) in [5, 5.41) is 35.5. The molecule has 4 aromatic heterocycles. The summed E-state index contributed by atoms with van der Waals surface area (Å²) in [6.07, 6.45) is 3.83. The molecule has 0 spiro atoms. The number of rotatable bonds is 23. The first kappa shape index (κ1) is 59.8. The minimum atomic E-state index is -0.975. The molecule has 0 bridgehead atoms. The molecule has 432 valence electrons. The van der Waals surface area contributed by atoms with E-state index in [1.165, 1.54) is 127 Å². The van der Waals surface area contributed by atoms with E-state index in [0.717, 1.165) is 10.1 Å². The van der Waals surface area contributed by atoms with Gasteiger partial charge in [0.05, 0.1) is 57.4 Å². The molecule has 3 N–H and O–H groups in total. The number of ketones is 2. The average Bonchev–Trinajstić information content (AvgIpc) is 1.68. The second kappa shape index (κ2) is 27.1. The Morgan fingerprint density at radius 2 is 1.11 bits per heavy atom. The van der Waals surface area contributed by atoms with Crippen molar-refractivity contribution in [3.63, 3.8) is 0 Å². The number of nitrogens with two attached hydrogens (primary N) is 1. The Kier molecular flexibility index (Phi) is 19.3. The Morgan fingerprint density at radius 3 is 1.61 bits per heavy atom. The van der Waals surface area contributed by atoms with Crippen molar-refractivity contribution in [1.82, 2.24) is 19.1 Å². The first-order chi connectivity index (χ1) is 40.6. The molecule has 0 saturated carbocycles. The maximum absolute atomic E-state index is 13.8. The number of carbonyl (C=O) groups excluding carboxylic acids is 4. The SMILES string of the molecule is COc1cc2c(cc1O)C(=O)c1c-2n(CCCCC(=O)OCCSSc2ccccn2)c(=O)c2cc([N+](=O)[O-])ccc12.COc1cc2c(cc1OC(=O)OCCSSc1ccccn1)C(=O)c1c-2n(CCCN)c(=O)c2cc([N+](=O)[O-])ccc12. The number of methoxy groups -OCH3 is 2. The molecule has 0 fully saturated rings. The molecule has 2 aliphatic carbocycles. The number of phenolic OH excluding ortho intramolecular Hbond substituents is 1. The smallest absolute Gasteiger partial charge is 0.504 e. The van der Waals surface area contributed by atoms with Crippen LogP contribution in [0.15, 0.2) is 129 Å². The van der Waals surface area contributed by atoms with Crippen LogP contribution in [0.25, 0.3) is 44.1 Å². The van der Waals surface area contributed by atoms with E-state index in [9.17, 15) is 54.1 Å². The van der Waals surface area contributed by atoms with Gasteiger partial charge >= 0.3 is 12.1 Å². The summed E-state index contributed by atoms with van der Waals surface area (Å²) in [4.78, 5) is 109. The van der Waals surface area contributed by atoms with E-state index in [1.807, 2.05) is 36.4 Å². The first-order valence-corrected chi connectivity index (χ1v) is 30.3. The predicted octanol–water partition coefficient (Wildman–Crippen LogP) is 10.2. The number of nitro benzene ring substituents is 2. The lowest BCUT2D eigenvalue weighted by atomic mass is 10.0. The van der Waals surface area contributed by atoms with Crippen LogP contribution in [0.3, 0.4) is 0 Å². The summed E-state index contributed by atoms with van der Waals surface area (Å²) in [7, 11) is 8.71. The van der Waals surface area contributed by atoms with Crippen LogP contribution in [0.5, 0.6) is 23.0 Å². The molecule has 0 radical (unpaired) electrons. The number of hydrogen-bond acceptors (Lipinski definition) is 23. The summed E-state index contributed by atoms with van der Waals surface area (Å²) in [6, 6.07) is 24.6. The van der Waals surface area contributed by atoms with Crippen LogP contribution in [0.1, 0.15) is 57.5 Å². The number of fused-ring (bicyclic) bond motifs is 10. The third-order valence-electron chi connectivity index (χ3n) is 13.2. The van der Waals surface area contributed by atoms with Crippen molar-refractivity contribution >= 4 is 99.8 Å². The second-order valence-electron chi connectivity index (χ2n) is 18.3. The number of carbonyl (C=O) groups is 4. The van der Waals surface area contributed by atoms with Gasteiger partial charge in [0.25, 0.3) is 22.5 Å². The maximum atomic E-state index is 13.8. The minimum absolute atomic E-state index is 0.0336. The molecule has 4 aromatic carbocycles. The number of unbranched alkanes of at least 4 members (excludes halogenated alkanes) is 1. The third-order valence-corrected chi connectivity index (χ3v) is 17.6. The zero-order valence-electron chi connectivity index (χ0n) is 44.6. The van der Waals surface area contributed by atoms with Gasteiger partial charge in [0.2, 0.25) is 0 Å². The second-order valence-corrected chi connectivity index (χ2v) is 23.2. The Morgan fingerprint density at radius 1 is 0.607 bits per heavy atom. The highest BCUT2D eigenvalue weighted by Gasteiger charge is 2.37. The number of aromatic hydroxyl groups is 1. The van der Waals surface area contributed by atoms with Crippen LogP contribution in [0.2, 0.25) is 0 Å². The number of pyridine rings is 4. The zero-order valence-corrected chi connectivity index (χ0v) is 47.9. The van der Waals surface area contributed by atoms with Gasteiger partial charge < -0.3 is 43.7 Å². The summed E-state index contributed by atoms with van der Waals surface area (Å²) >= 11 is 0. The van der Waals surface area contributed by atoms with Crippen molar-refractivity contribution < 1.29 is 57.8 Å². The lowest BCUT2D eigenvalue weighted by Crippen LogP contribution is -2.24. The van der Waals surface area contributed by atoms with Crippen LogP contribution in [-0.4, -0.2) is 103 Å². The summed E-state index contributed by atoms with van der Waals surface area (Å²) < 4.78 is 29.4. The van der Waals surface area contributed by atoms with Crippen LogP contribution in [0, 0.1) is 20.2 Å². The predicted molar refractivity (Wildman–Crippen MR) is 318 cm³/mol. The molecule has 27 heteroatoms. The van der Waals surface area contributed by atoms with E-state index in [1.54, 1.807) is 12.4 Å². The van der Waals surface area contributed by atoms with E-state index in [4.69, 9.17) is 29.4 Å². The molecular weight excluding hydrogens is 1170 g/mol. The van der Waals surface area contributed by atoms with Crippen molar-refractivity contribution in [3.8, 4) is 45.5 Å². The molecule has 23 nitrogen and oxygen atoms in total. The van der Waals surface area contributed by atoms with E-state index in [-0.39, 0.29) is 118 Å². The van der Waals surface area contributed by atoms with Gasteiger partial charge in [-0.2, -0.15) is 0 Å². The highest BCUT2D eigenvalue weighted by Crippen LogP contribution is 2.47. The van der Waals surface area contributed by atoms with Gasteiger partial charge in [0, 0.05) is 101 Å². The van der Waals surface area contributed by atoms with Crippen molar-refractivity contribution in [2.75, 3.05) is 45.5 Å². The summed E-state index contributed by atoms with van der Waals surface area (Å²) in [6.45, 7) is 0.958. The molecule has 0 saturated heterocycles. The van der Waals surface area contributed by atoms with E-state index in [2.05, 4.69) is 9.97 Å². The largest absolute Gasteiger partial charge is 0.514 e. The normalized spacial score (nSPS) is 11.8. The molecule has 10 rings (SSSR count). The summed E-state index contributed by atoms with van der Waals surface area (Å²) in [5.41, 5.74) is 6.54. The Balaban J connectivity index is 0.000000202. The number of non-ortho nitro benzene ring substituents is 2. The molecule has 8 aromatic rings. The Hall–Kier alpha value is -8.76. The standard InChI is InChI=1S/C29H25N3O8S2.C28H24N4O8S2/c1-39-23-16-19-20(15-22(23)33)28(35)26-18-9-8-17(32(37)38)14-21(18)29(36)31(27(19)26)11-5-3-7-25(34)40-12-13-41-42-24-6-2-4-10-30-24;1-38-21-14-18-19(15-22(21)40-28(35)39-11-12-41-42-23-5-2-3-9-30-23)26(33)24-17-7-6-16(32(36)37)13-20(17)27(34)31(25(18)24)10-4-8-29/h2,4,6,8-10,14-16,33H,3,5,7,11-13H2,1H3;2-3,5-7,9,13-15H,4,8,10-12,29H2,1H3. The van der Waals surface area contributed by atoms with E-state index < -0.39 is 38.7 Å². The molecule has 0 atom stereocenters. The fraction of sp³-hybridized carbons (Fsp3) is 0.228. The van der Waals surface area contributed by atoms with Gasteiger partial charge in [-0.3, -0.25) is 44.2 Å². The molecule has 0 aliphatic heterocycles. The van der Waals surface area contributed by atoms with Crippen molar-refractivity contribution in [1.29, 1.82) is 0 Å². The monoisotopic (exact) mass is 1220 g/mol. The Labute approximate surface area is 492 Å². The van der Waals surface area contributed by atoms with Gasteiger partial charge in [-0.05, 0) is 108 Å². The zero-order chi connectivity index (χ0) is 59.6. The lowest BCUT2D eigenvalue weighted by Gasteiger charge is -2.15. The topological polar surface area (TPSA) is 317 Å². The van der Waals surface area contributed by atoms with Gasteiger partial charge in [-0.15, -0.1) is 0 Å². The van der Waals surface area contributed by atoms with E-state index in [0.29, 0.717) is 58.7 Å². The van der Waals surface area contributed by atoms with Gasteiger partial charge in [0.15, 0.2) is 34.6 Å². The number of phenols is 1. The molecule has 84 heavy (non-hydrogen) atoms. The van der Waals surface area contributed by atoms with Crippen molar-refractivity contribution in [3.05, 3.63) is 173 Å². The fourth-order valence-corrected chi connectivity index (χ4v) is 12.9. The molecular formula is C57H49N7O16S4. The lowest BCUT2D eigenvalue weighted by molar-refractivity contribution is -0.384.